The first-order valence-electron chi connectivity index (χ1n) is 6.68. The third-order valence-electron chi connectivity index (χ3n) is 3.02. The molecule has 4 nitrogen and oxygen atoms in total. The Hall–Kier alpha value is -1.49. The topological polar surface area (TPSA) is 54.9 Å². The lowest BCUT2D eigenvalue weighted by atomic mass is 10.0. The monoisotopic (exact) mass is 335 g/mol. The Kier molecular flexibility index (Phi) is 5.06. The SMILES string of the molecule is CC(C)CC(CBr)NC(=O)c1cccc2nccnc12. The molecule has 1 amide bonds. The van der Waals surface area contributed by atoms with Crippen LogP contribution in [0.3, 0.4) is 0 Å². The predicted molar refractivity (Wildman–Crippen MR) is 84.0 cm³/mol. The van der Waals surface area contributed by atoms with E-state index in [-0.39, 0.29) is 11.9 Å². The maximum absolute atomic E-state index is 12.4. The molecular formula is C15H18BrN3O. The molecule has 0 spiro atoms. The summed E-state index contributed by atoms with van der Waals surface area (Å²) in [6.45, 7) is 4.29. The Morgan fingerprint density at radius 3 is 2.75 bits per heavy atom. The van der Waals surface area contributed by atoms with Gasteiger partial charge in [0.2, 0.25) is 0 Å². The minimum Gasteiger partial charge on any atom is -0.348 e. The third-order valence-corrected chi connectivity index (χ3v) is 3.80. The first kappa shape index (κ1) is 14.9. The Bertz CT molecular complexity index is 595. The van der Waals surface area contributed by atoms with E-state index in [1.54, 1.807) is 18.5 Å². The smallest absolute Gasteiger partial charge is 0.253 e. The average molecular weight is 336 g/mol. The first-order chi connectivity index (χ1) is 9.61. The second-order valence-corrected chi connectivity index (χ2v) is 5.83. The van der Waals surface area contributed by atoms with Crippen LogP contribution in [0.4, 0.5) is 0 Å². The summed E-state index contributed by atoms with van der Waals surface area (Å²) in [4.78, 5) is 20.9. The zero-order chi connectivity index (χ0) is 14.5. The van der Waals surface area contributed by atoms with Gasteiger partial charge < -0.3 is 5.32 Å². The number of benzene rings is 1. The molecular weight excluding hydrogens is 318 g/mol. The molecule has 2 aromatic rings. The van der Waals surface area contributed by atoms with Crippen LogP contribution in [0.1, 0.15) is 30.6 Å². The lowest BCUT2D eigenvalue weighted by molar-refractivity contribution is 0.0938. The highest BCUT2D eigenvalue weighted by Crippen LogP contribution is 2.15. The van der Waals surface area contributed by atoms with Crippen molar-refractivity contribution in [1.29, 1.82) is 0 Å². The van der Waals surface area contributed by atoms with E-state index in [4.69, 9.17) is 0 Å². The van der Waals surface area contributed by atoms with Crippen LogP contribution in [0, 0.1) is 5.92 Å². The third kappa shape index (κ3) is 3.54. The van der Waals surface area contributed by atoms with Crippen molar-refractivity contribution >= 4 is 32.9 Å². The molecule has 1 aromatic heterocycles. The van der Waals surface area contributed by atoms with Gasteiger partial charge in [-0.15, -0.1) is 0 Å². The Labute approximate surface area is 127 Å². The number of carbonyl (C=O) groups is 1. The molecule has 0 aliphatic heterocycles. The number of fused-ring (bicyclic) bond motifs is 1. The molecule has 1 N–H and O–H groups in total. The summed E-state index contributed by atoms with van der Waals surface area (Å²) in [6.07, 6.45) is 4.17. The number of halogens is 1. The fourth-order valence-electron chi connectivity index (χ4n) is 2.17. The van der Waals surface area contributed by atoms with E-state index in [1.807, 2.05) is 12.1 Å². The van der Waals surface area contributed by atoms with Gasteiger partial charge in [-0.2, -0.15) is 0 Å². The standard InChI is InChI=1S/C15H18BrN3O/c1-10(2)8-11(9-16)19-15(20)12-4-3-5-13-14(12)18-7-6-17-13/h3-7,10-11H,8-9H2,1-2H3,(H,19,20). The summed E-state index contributed by atoms with van der Waals surface area (Å²) >= 11 is 3.45. The highest BCUT2D eigenvalue weighted by Gasteiger charge is 2.16. The predicted octanol–water partition coefficient (Wildman–Crippen LogP) is 3.17. The van der Waals surface area contributed by atoms with Crippen LogP contribution in [0.25, 0.3) is 11.0 Å². The number of hydrogen-bond acceptors (Lipinski definition) is 3. The molecule has 1 unspecified atom stereocenters. The number of amides is 1. The second-order valence-electron chi connectivity index (χ2n) is 5.18. The summed E-state index contributed by atoms with van der Waals surface area (Å²) in [5, 5.41) is 3.80. The van der Waals surface area contributed by atoms with Crippen molar-refractivity contribution in [1.82, 2.24) is 15.3 Å². The first-order valence-corrected chi connectivity index (χ1v) is 7.80. The van der Waals surface area contributed by atoms with Gasteiger partial charge in [-0.25, -0.2) is 0 Å². The van der Waals surface area contributed by atoms with Crippen molar-refractivity contribution in [3.63, 3.8) is 0 Å². The normalized spacial score (nSPS) is 12.6. The van der Waals surface area contributed by atoms with Gasteiger partial charge in [0.25, 0.3) is 5.91 Å². The van der Waals surface area contributed by atoms with Gasteiger partial charge in [-0.05, 0) is 24.5 Å². The van der Waals surface area contributed by atoms with Crippen LogP contribution in [-0.2, 0) is 0 Å². The zero-order valence-electron chi connectivity index (χ0n) is 11.6. The van der Waals surface area contributed by atoms with Gasteiger partial charge in [-0.3, -0.25) is 14.8 Å². The molecule has 1 aromatic carbocycles. The summed E-state index contributed by atoms with van der Waals surface area (Å²) < 4.78 is 0. The number of nitrogens with zero attached hydrogens (tertiary/aromatic N) is 2. The Morgan fingerprint density at radius 2 is 2.05 bits per heavy atom. The van der Waals surface area contributed by atoms with Gasteiger partial charge in [-0.1, -0.05) is 35.8 Å². The maximum atomic E-state index is 12.4. The molecule has 1 heterocycles. The van der Waals surface area contributed by atoms with E-state index in [2.05, 4.69) is 45.1 Å². The number of nitrogens with one attached hydrogen (secondary N) is 1. The Morgan fingerprint density at radius 1 is 1.30 bits per heavy atom. The second kappa shape index (κ2) is 6.79. The molecule has 0 radical (unpaired) electrons. The van der Waals surface area contributed by atoms with E-state index < -0.39 is 0 Å². The number of para-hydroxylation sites is 1. The molecule has 0 aliphatic rings. The summed E-state index contributed by atoms with van der Waals surface area (Å²) in [5.74, 6) is 0.436. The van der Waals surface area contributed by atoms with Gasteiger partial charge in [0.1, 0.15) is 5.52 Å². The van der Waals surface area contributed by atoms with E-state index >= 15 is 0 Å². The van der Waals surface area contributed by atoms with Crippen LogP contribution in [0.5, 0.6) is 0 Å². The lowest BCUT2D eigenvalue weighted by Crippen LogP contribution is -2.37. The van der Waals surface area contributed by atoms with E-state index in [9.17, 15) is 4.79 Å². The number of alkyl halides is 1. The maximum Gasteiger partial charge on any atom is 0.253 e. The van der Waals surface area contributed by atoms with E-state index in [0.29, 0.717) is 17.0 Å². The van der Waals surface area contributed by atoms with E-state index in [1.165, 1.54) is 0 Å². The van der Waals surface area contributed by atoms with Gasteiger partial charge >= 0.3 is 0 Å². The number of rotatable bonds is 5. The van der Waals surface area contributed by atoms with Gasteiger partial charge in [0.05, 0.1) is 11.1 Å². The minimum atomic E-state index is -0.0961. The quantitative estimate of drug-likeness (QED) is 0.854. The van der Waals surface area contributed by atoms with Crippen molar-refractivity contribution in [2.75, 3.05) is 5.33 Å². The highest BCUT2D eigenvalue weighted by atomic mass is 79.9. The molecule has 0 aliphatic carbocycles. The zero-order valence-corrected chi connectivity index (χ0v) is 13.2. The van der Waals surface area contributed by atoms with Crippen LogP contribution < -0.4 is 5.32 Å². The van der Waals surface area contributed by atoms with Crippen LogP contribution in [-0.4, -0.2) is 27.2 Å². The molecule has 1 atom stereocenters. The molecule has 0 bridgehead atoms. The molecule has 0 fully saturated rings. The number of aromatic nitrogens is 2. The van der Waals surface area contributed by atoms with Crippen molar-refractivity contribution in [3.05, 3.63) is 36.2 Å². The largest absolute Gasteiger partial charge is 0.348 e. The van der Waals surface area contributed by atoms with Gasteiger partial charge in [0.15, 0.2) is 0 Å². The fourth-order valence-corrected chi connectivity index (χ4v) is 2.59. The van der Waals surface area contributed by atoms with Crippen LogP contribution in [0.15, 0.2) is 30.6 Å². The molecule has 0 saturated carbocycles. The van der Waals surface area contributed by atoms with Crippen molar-refractivity contribution in [2.45, 2.75) is 26.3 Å². The van der Waals surface area contributed by atoms with Gasteiger partial charge in [0, 0.05) is 23.8 Å². The van der Waals surface area contributed by atoms with Crippen molar-refractivity contribution in [3.8, 4) is 0 Å². The molecule has 0 saturated heterocycles. The molecule has 20 heavy (non-hydrogen) atoms. The number of carbonyl (C=O) groups excluding carboxylic acids is 1. The highest BCUT2D eigenvalue weighted by molar-refractivity contribution is 9.09. The number of hydrogen-bond donors (Lipinski definition) is 1. The minimum absolute atomic E-state index is 0.0961. The molecule has 5 heteroatoms. The summed E-state index contributed by atoms with van der Waals surface area (Å²) in [5.41, 5.74) is 1.95. The molecule has 106 valence electrons. The summed E-state index contributed by atoms with van der Waals surface area (Å²) in [6, 6.07) is 5.59. The average Bonchev–Trinajstić information content (AvgIpc) is 2.45. The van der Waals surface area contributed by atoms with Crippen molar-refractivity contribution in [2.24, 2.45) is 5.92 Å². The Balaban J connectivity index is 2.23. The van der Waals surface area contributed by atoms with E-state index in [0.717, 1.165) is 17.3 Å². The summed E-state index contributed by atoms with van der Waals surface area (Å²) in [7, 11) is 0. The molecule has 2 rings (SSSR count). The lowest BCUT2D eigenvalue weighted by Gasteiger charge is -2.18. The van der Waals surface area contributed by atoms with Crippen LogP contribution in [0.2, 0.25) is 0 Å². The van der Waals surface area contributed by atoms with Crippen LogP contribution >= 0.6 is 15.9 Å². The fraction of sp³-hybridized carbons (Fsp3) is 0.400. The van der Waals surface area contributed by atoms with Crippen molar-refractivity contribution < 1.29 is 4.79 Å².